The molecule has 3 aromatic heterocycles. The first-order valence-electron chi connectivity index (χ1n) is 7.69. The van der Waals surface area contributed by atoms with Gasteiger partial charge in [-0.1, -0.05) is 23.8 Å². The number of thioether (sulfide) groups is 1. The van der Waals surface area contributed by atoms with Crippen LogP contribution in [-0.2, 0) is 6.42 Å². The van der Waals surface area contributed by atoms with E-state index in [1.54, 1.807) is 0 Å². The van der Waals surface area contributed by atoms with Crippen molar-refractivity contribution in [2.45, 2.75) is 39.3 Å². The zero-order valence-corrected chi connectivity index (χ0v) is 14.9. The van der Waals surface area contributed by atoms with Crippen LogP contribution >= 0.6 is 11.8 Å². The van der Waals surface area contributed by atoms with Crippen LogP contribution in [0.25, 0.3) is 5.82 Å². The highest BCUT2D eigenvalue weighted by atomic mass is 32.2. The van der Waals surface area contributed by atoms with Gasteiger partial charge in [-0.15, -0.1) is 5.10 Å². The van der Waals surface area contributed by atoms with Crippen LogP contribution in [0.5, 0.6) is 0 Å². The highest BCUT2D eigenvalue weighted by Gasteiger charge is 2.19. The van der Waals surface area contributed by atoms with Crippen molar-refractivity contribution in [3.05, 3.63) is 40.7 Å². The summed E-state index contributed by atoms with van der Waals surface area (Å²) in [7, 11) is 0. The van der Waals surface area contributed by atoms with Gasteiger partial charge in [-0.2, -0.15) is 0 Å². The molecule has 0 bridgehead atoms. The van der Waals surface area contributed by atoms with Crippen molar-refractivity contribution in [1.82, 2.24) is 24.9 Å². The number of aromatic nitrogens is 5. The van der Waals surface area contributed by atoms with E-state index in [2.05, 4.69) is 20.3 Å². The van der Waals surface area contributed by atoms with Gasteiger partial charge in [0.2, 0.25) is 5.16 Å². The molecular weight excluding hydrogens is 326 g/mol. The molecule has 1 N–H and O–H groups in total. The quantitative estimate of drug-likeness (QED) is 0.545. The minimum absolute atomic E-state index is 0.0439. The molecule has 3 aromatic rings. The summed E-state index contributed by atoms with van der Waals surface area (Å²) in [5, 5.41) is 11.6. The summed E-state index contributed by atoms with van der Waals surface area (Å²) >= 11 is 1.34. The van der Waals surface area contributed by atoms with Gasteiger partial charge in [0.05, 0.1) is 5.75 Å². The van der Waals surface area contributed by atoms with Crippen LogP contribution in [-0.4, -0.2) is 36.4 Å². The Hall–Kier alpha value is -2.35. The number of ketones is 1. The van der Waals surface area contributed by atoms with Crippen molar-refractivity contribution in [3.63, 3.8) is 0 Å². The van der Waals surface area contributed by atoms with Gasteiger partial charge < -0.3 is 4.52 Å². The molecule has 3 rings (SSSR count). The Kier molecular flexibility index (Phi) is 4.57. The number of hydrogen-bond donors (Lipinski definition) is 1. The van der Waals surface area contributed by atoms with Gasteiger partial charge in [-0.3, -0.25) is 14.5 Å². The van der Waals surface area contributed by atoms with Crippen LogP contribution in [0, 0.1) is 20.8 Å². The molecule has 0 spiro atoms. The first-order valence-corrected chi connectivity index (χ1v) is 8.68. The molecule has 0 amide bonds. The third kappa shape index (κ3) is 3.14. The maximum atomic E-state index is 12.6. The Morgan fingerprint density at radius 3 is 2.75 bits per heavy atom. The average molecular weight is 345 g/mol. The maximum Gasteiger partial charge on any atom is 0.208 e. The standard InChI is InChI=1S/C16H19N5O2S/c1-5-14-17-16(19-18-14)24-8-13(22)12-6-9(2)21(11(12)4)15-7-10(3)23-20-15/h6-7H,5,8H2,1-4H3,(H,17,18,19). The predicted octanol–water partition coefficient (Wildman–Crippen LogP) is 3.05. The molecular formula is C16H19N5O2S. The van der Waals surface area contributed by atoms with Crippen molar-refractivity contribution < 1.29 is 9.32 Å². The molecule has 7 nitrogen and oxygen atoms in total. The summed E-state index contributed by atoms with van der Waals surface area (Å²) < 4.78 is 7.06. The molecule has 0 aliphatic rings. The molecule has 0 unspecified atom stereocenters. The summed E-state index contributed by atoms with van der Waals surface area (Å²) in [5.74, 6) is 2.59. The number of H-pyrrole nitrogens is 1. The highest BCUT2D eigenvalue weighted by Crippen LogP contribution is 2.23. The van der Waals surface area contributed by atoms with Crippen molar-refractivity contribution in [3.8, 4) is 5.82 Å². The van der Waals surface area contributed by atoms with Crippen molar-refractivity contribution >= 4 is 17.5 Å². The van der Waals surface area contributed by atoms with Crippen LogP contribution in [0.3, 0.4) is 0 Å². The molecule has 0 aliphatic carbocycles. The van der Waals surface area contributed by atoms with Crippen LogP contribution in [0.1, 0.15) is 40.3 Å². The second-order valence-electron chi connectivity index (χ2n) is 5.55. The average Bonchev–Trinajstić information content (AvgIpc) is 3.25. The fourth-order valence-electron chi connectivity index (χ4n) is 2.56. The Morgan fingerprint density at radius 1 is 1.33 bits per heavy atom. The van der Waals surface area contributed by atoms with Crippen LogP contribution < -0.4 is 0 Å². The van der Waals surface area contributed by atoms with Crippen molar-refractivity contribution in [2.75, 3.05) is 5.75 Å². The Balaban J connectivity index is 1.78. The number of carbonyl (C=O) groups is 1. The SMILES string of the molecule is CCc1nc(SCC(=O)c2cc(C)n(-c3cc(C)on3)c2C)n[nH]1. The third-order valence-corrected chi connectivity index (χ3v) is 4.60. The summed E-state index contributed by atoms with van der Waals surface area (Å²) in [5.41, 5.74) is 2.49. The predicted molar refractivity (Wildman–Crippen MR) is 90.9 cm³/mol. The van der Waals surface area contributed by atoms with Gasteiger partial charge in [0, 0.05) is 29.4 Å². The first-order chi connectivity index (χ1) is 11.5. The number of carbonyl (C=O) groups excluding carboxylic acids is 1. The number of aromatic amines is 1. The van der Waals surface area contributed by atoms with E-state index < -0.39 is 0 Å². The van der Waals surface area contributed by atoms with E-state index in [-0.39, 0.29) is 5.78 Å². The summed E-state index contributed by atoms with van der Waals surface area (Å²) in [4.78, 5) is 16.9. The van der Waals surface area contributed by atoms with Crippen molar-refractivity contribution in [1.29, 1.82) is 0 Å². The van der Waals surface area contributed by atoms with E-state index in [1.165, 1.54) is 11.8 Å². The van der Waals surface area contributed by atoms with Gasteiger partial charge >= 0.3 is 0 Å². The Labute approximate surface area is 143 Å². The number of nitrogens with zero attached hydrogens (tertiary/aromatic N) is 4. The molecule has 0 saturated heterocycles. The molecule has 8 heteroatoms. The van der Waals surface area contributed by atoms with Gasteiger partial charge in [-0.25, -0.2) is 4.98 Å². The largest absolute Gasteiger partial charge is 0.360 e. The second-order valence-corrected chi connectivity index (χ2v) is 6.49. The van der Waals surface area contributed by atoms with Gasteiger partial charge in [0.1, 0.15) is 11.6 Å². The Morgan fingerprint density at radius 2 is 2.12 bits per heavy atom. The number of rotatable bonds is 6. The minimum Gasteiger partial charge on any atom is -0.360 e. The topological polar surface area (TPSA) is 89.6 Å². The van der Waals surface area contributed by atoms with Gasteiger partial charge in [0.15, 0.2) is 11.6 Å². The molecule has 0 radical (unpaired) electrons. The fraction of sp³-hybridized carbons (Fsp3) is 0.375. The number of hydrogen-bond acceptors (Lipinski definition) is 6. The molecule has 0 saturated carbocycles. The van der Waals surface area contributed by atoms with E-state index in [0.717, 1.165) is 29.4 Å². The van der Waals surface area contributed by atoms with Gasteiger partial charge in [-0.05, 0) is 26.8 Å². The lowest BCUT2D eigenvalue weighted by Gasteiger charge is -2.04. The first kappa shape index (κ1) is 16.5. The fourth-order valence-corrected chi connectivity index (χ4v) is 3.27. The highest BCUT2D eigenvalue weighted by molar-refractivity contribution is 7.99. The monoisotopic (exact) mass is 345 g/mol. The minimum atomic E-state index is 0.0439. The van der Waals surface area contributed by atoms with Crippen LogP contribution in [0.15, 0.2) is 21.8 Å². The van der Waals surface area contributed by atoms with E-state index >= 15 is 0 Å². The molecule has 0 aromatic carbocycles. The summed E-state index contributed by atoms with van der Waals surface area (Å²) in [6.07, 6.45) is 0.791. The lowest BCUT2D eigenvalue weighted by atomic mass is 10.2. The van der Waals surface area contributed by atoms with E-state index in [9.17, 15) is 4.79 Å². The molecule has 3 heterocycles. The molecule has 0 atom stereocenters. The summed E-state index contributed by atoms with van der Waals surface area (Å²) in [6.45, 7) is 7.70. The van der Waals surface area contributed by atoms with Crippen LogP contribution in [0.2, 0.25) is 0 Å². The van der Waals surface area contributed by atoms with Gasteiger partial charge in [0.25, 0.3) is 0 Å². The number of Topliss-reactive ketones (excluding diaryl/α,β-unsaturated/α-hetero) is 1. The lowest BCUT2D eigenvalue weighted by Crippen LogP contribution is -2.06. The zero-order valence-electron chi connectivity index (χ0n) is 14.1. The molecule has 0 aliphatic heterocycles. The number of nitrogens with one attached hydrogen (secondary N) is 1. The van der Waals surface area contributed by atoms with Crippen molar-refractivity contribution in [2.24, 2.45) is 0 Å². The zero-order chi connectivity index (χ0) is 17.3. The van der Waals surface area contributed by atoms with E-state index in [1.807, 2.05) is 44.4 Å². The van der Waals surface area contributed by atoms with E-state index in [4.69, 9.17) is 4.52 Å². The molecule has 126 valence electrons. The third-order valence-electron chi connectivity index (χ3n) is 3.75. The number of aryl methyl sites for hydroxylation is 3. The Bertz CT molecular complexity index is 877. The molecule has 0 fully saturated rings. The maximum absolute atomic E-state index is 12.6. The summed E-state index contributed by atoms with van der Waals surface area (Å²) in [6, 6.07) is 3.74. The second kappa shape index (κ2) is 6.64. The smallest absolute Gasteiger partial charge is 0.208 e. The van der Waals surface area contributed by atoms with E-state index in [0.29, 0.717) is 22.3 Å². The van der Waals surface area contributed by atoms with Crippen LogP contribution in [0.4, 0.5) is 0 Å². The lowest BCUT2D eigenvalue weighted by molar-refractivity contribution is 0.102. The normalized spacial score (nSPS) is 11.2. The molecule has 24 heavy (non-hydrogen) atoms.